The molecule has 0 aliphatic carbocycles. The van der Waals surface area contributed by atoms with E-state index in [9.17, 15) is 0 Å². The monoisotopic (exact) mass is 289 g/mol. The van der Waals surface area contributed by atoms with Crippen LogP contribution < -0.4 is 10.2 Å². The van der Waals surface area contributed by atoms with Gasteiger partial charge in [0.2, 0.25) is 5.13 Å². The quantitative estimate of drug-likeness (QED) is 0.646. The first-order valence-corrected chi connectivity index (χ1v) is 7.46. The number of nitrogens with zero attached hydrogens (tertiary/aromatic N) is 2. The summed E-state index contributed by atoms with van der Waals surface area (Å²) in [6.45, 7) is 6.89. The van der Waals surface area contributed by atoms with Crippen molar-refractivity contribution >= 4 is 22.7 Å². The fraction of sp³-hybridized carbons (Fsp3) is 0.333. The van der Waals surface area contributed by atoms with Crippen molar-refractivity contribution in [2.24, 2.45) is 5.10 Å². The van der Waals surface area contributed by atoms with Crippen LogP contribution in [0.15, 0.2) is 29.4 Å². The van der Waals surface area contributed by atoms with Crippen molar-refractivity contribution in [3.05, 3.63) is 40.4 Å². The molecule has 2 aromatic rings. The molecule has 0 radical (unpaired) electrons. The summed E-state index contributed by atoms with van der Waals surface area (Å²) in [5.41, 5.74) is 5.02. The Bertz CT molecular complexity index is 556. The van der Waals surface area contributed by atoms with Crippen LogP contribution in [0.3, 0.4) is 0 Å². The van der Waals surface area contributed by atoms with Gasteiger partial charge in [-0.3, -0.25) is 5.43 Å². The lowest BCUT2D eigenvalue weighted by atomic mass is 10.2. The van der Waals surface area contributed by atoms with Crippen LogP contribution >= 0.6 is 11.3 Å². The van der Waals surface area contributed by atoms with Gasteiger partial charge in [0, 0.05) is 4.88 Å². The molecule has 4 nitrogen and oxygen atoms in total. The van der Waals surface area contributed by atoms with E-state index < -0.39 is 0 Å². The number of aromatic nitrogens is 1. The van der Waals surface area contributed by atoms with Gasteiger partial charge < -0.3 is 4.74 Å². The van der Waals surface area contributed by atoms with Crippen LogP contribution in [0.5, 0.6) is 5.75 Å². The van der Waals surface area contributed by atoms with Crippen molar-refractivity contribution in [3.8, 4) is 5.75 Å². The smallest absolute Gasteiger partial charge is 0.203 e. The van der Waals surface area contributed by atoms with E-state index in [0.29, 0.717) is 0 Å². The van der Waals surface area contributed by atoms with Crippen LogP contribution in [-0.4, -0.2) is 17.8 Å². The van der Waals surface area contributed by atoms with Crippen molar-refractivity contribution in [2.75, 3.05) is 12.0 Å². The lowest BCUT2D eigenvalue weighted by Gasteiger charge is -2.03. The predicted octanol–water partition coefficient (Wildman–Crippen LogP) is 3.99. The van der Waals surface area contributed by atoms with E-state index in [4.69, 9.17) is 4.74 Å². The highest BCUT2D eigenvalue weighted by atomic mass is 32.1. The Morgan fingerprint density at radius 3 is 2.65 bits per heavy atom. The zero-order valence-corrected chi connectivity index (χ0v) is 12.8. The molecule has 0 amide bonds. The van der Waals surface area contributed by atoms with E-state index in [1.807, 2.05) is 31.2 Å². The van der Waals surface area contributed by atoms with Gasteiger partial charge in [0.1, 0.15) is 5.75 Å². The maximum absolute atomic E-state index is 5.53. The molecule has 5 heteroatoms. The number of benzene rings is 1. The van der Waals surface area contributed by atoms with Gasteiger partial charge >= 0.3 is 0 Å². The summed E-state index contributed by atoms with van der Waals surface area (Å²) < 4.78 is 5.53. The number of hydrazone groups is 1. The molecule has 0 bridgehead atoms. The van der Waals surface area contributed by atoms with E-state index in [-0.39, 0.29) is 0 Å². The lowest BCUT2D eigenvalue weighted by molar-refractivity contribution is 0.317. The summed E-state index contributed by atoms with van der Waals surface area (Å²) in [6, 6.07) is 7.87. The SMILES string of the molecule is CCCOc1ccc(/C=N\Nc2nc(C)c(C)s2)cc1. The van der Waals surface area contributed by atoms with E-state index in [1.54, 1.807) is 17.6 Å². The van der Waals surface area contributed by atoms with Crippen LogP contribution in [0.4, 0.5) is 5.13 Å². The summed E-state index contributed by atoms with van der Waals surface area (Å²) in [5.74, 6) is 0.892. The molecule has 0 saturated heterocycles. The Morgan fingerprint density at radius 2 is 2.05 bits per heavy atom. The highest BCUT2D eigenvalue weighted by Crippen LogP contribution is 2.20. The summed E-state index contributed by atoms with van der Waals surface area (Å²) in [6.07, 6.45) is 2.79. The maximum Gasteiger partial charge on any atom is 0.203 e. The standard InChI is InChI=1S/C15H19N3OS/c1-4-9-19-14-7-5-13(6-8-14)10-16-18-15-17-11(2)12(3)20-15/h5-8,10H,4,9H2,1-3H3,(H,17,18)/b16-10-. The molecule has 0 aliphatic rings. The highest BCUT2D eigenvalue weighted by Gasteiger charge is 2.01. The minimum absolute atomic E-state index is 0.748. The van der Waals surface area contributed by atoms with Gasteiger partial charge in [0.05, 0.1) is 18.5 Å². The molecule has 0 fully saturated rings. The van der Waals surface area contributed by atoms with Crippen molar-refractivity contribution in [1.29, 1.82) is 0 Å². The van der Waals surface area contributed by atoms with Crippen LogP contribution in [0.2, 0.25) is 0 Å². The second kappa shape index (κ2) is 7.05. The normalized spacial score (nSPS) is 10.9. The Balaban J connectivity index is 1.90. The van der Waals surface area contributed by atoms with Crippen molar-refractivity contribution < 1.29 is 4.74 Å². The van der Waals surface area contributed by atoms with Gasteiger partial charge in [-0.2, -0.15) is 5.10 Å². The number of thiazole rings is 1. The van der Waals surface area contributed by atoms with Crippen molar-refractivity contribution in [1.82, 2.24) is 4.98 Å². The molecule has 1 N–H and O–H groups in total. The number of rotatable bonds is 6. The van der Waals surface area contributed by atoms with Crippen molar-refractivity contribution in [2.45, 2.75) is 27.2 Å². The van der Waals surface area contributed by atoms with Crippen molar-refractivity contribution in [3.63, 3.8) is 0 Å². The fourth-order valence-corrected chi connectivity index (χ4v) is 2.32. The Hall–Kier alpha value is -1.88. The molecule has 1 heterocycles. The van der Waals surface area contributed by atoms with E-state index in [2.05, 4.69) is 29.4 Å². The number of hydrogen-bond acceptors (Lipinski definition) is 5. The number of hydrogen-bond donors (Lipinski definition) is 1. The van der Waals surface area contributed by atoms with Crippen LogP contribution in [0.1, 0.15) is 29.5 Å². The van der Waals surface area contributed by atoms with Gasteiger partial charge in [-0.1, -0.05) is 6.92 Å². The van der Waals surface area contributed by atoms with Gasteiger partial charge in [-0.25, -0.2) is 4.98 Å². The molecule has 0 saturated carbocycles. The Kier molecular flexibility index (Phi) is 5.12. The van der Waals surface area contributed by atoms with Crippen LogP contribution in [0.25, 0.3) is 0 Å². The average Bonchev–Trinajstić information content (AvgIpc) is 2.77. The first-order valence-electron chi connectivity index (χ1n) is 6.65. The molecule has 106 valence electrons. The molecule has 2 rings (SSSR count). The van der Waals surface area contributed by atoms with Crippen LogP contribution in [-0.2, 0) is 0 Å². The summed E-state index contributed by atoms with van der Waals surface area (Å²) >= 11 is 1.61. The first kappa shape index (κ1) is 14.5. The lowest BCUT2D eigenvalue weighted by Crippen LogP contribution is -1.95. The molecule has 0 atom stereocenters. The number of nitrogens with one attached hydrogen (secondary N) is 1. The minimum atomic E-state index is 0.748. The topological polar surface area (TPSA) is 46.5 Å². The predicted molar refractivity (Wildman–Crippen MR) is 85.0 cm³/mol. The third-order valence-electron chi connectivity index (χ3n) is 2.76. The Labute approximate surface area is 123 Å². The Morgan fingerprint density at radius 1 is 1.30 bits per heavy atom. The van der Waals surface area contributed by atoms with Gasteiger partial charge in [-0.15, -0.1) is 11.3 Å². The van der Waals surface area contributed by atoms with E-state index in [1.165, 1.54) is 4.88 Å². The third-order valence-corrected chi connectivity index (χ3v) is 3.73. The third kappa shape index (κ3) is 4.06. The molecule has 1 aromatic carbocycles. The van der Waals surface area contributed by atoms with Gasteiger partial charge in [-0.05, 0) is 50.1 Å². The molecular formula is C15H19N3OS. The second-order valence-electron chi connectivity index (χ2n) is 4.45. The summed E-state index contributed by atoms with van der Waals surface area (Å²) in [5, 5.41) is 5.01. The number of aryl methyl sites for hydroxylation is 2. The number of anilines is 1. The number of ether oxygens (including phenoxy) is 1. The zero-order valence-electron chi connectivity index (χ0n) is 12.0. The van der Waals surface area contributed by atoms with Gasteiger partial charge in [0.15, 0.2) is 0 Å². The minimum Gasteiger partial charge on any atom is -0.494 e. The van der Waals surface area contributed by atoms with Gasteiger partial charge in [0.25, 0.3) is 0 Å². The molecule has 20 heavy (non-hydrogen) atoms. The van der Waals surface area contributed by atoms with Crippen LogP contribution in [0, 0.1) is 13.8 Å². The summed E-state index contributed by atoms with van der Waals surface area (Å²) in [4.78, 5) is 5.57. The average molecular weight is 289 g/mol. The summed E-state index contributed by atoms with van der Waals surface area (Å²) in [7, 11) is 0. The molecule has 1 aromatic heterocycles. The van der Waals surface area contributed by atoms with E-state index in [0.717, 1.165) is 35.2 Å². The second-order valence-corrected chi connectivity index (χ2v) is 5.65. The molecule has 0 aliphatic heterocycles. The highest BCUT2D eigenvalue weighted by molar-refractivity contribution is 7.15. The zero-order chi connectivity index (χ0) is 14.4. The largest absolute Gasteiger partial charge is 0.494 e. The molecule has 0 spiro atoms. The fourth-order valence-electron chi connectivity index (χ4n) is 1.55. The molecular weight excluding hydrogens is 270 g/mol. The molecule has 0 unspecified atom stereocenters. The maximum atomic E-state index is 5.53. The van der Waals surface area contributed by atoms with E-state index >= 15 is 0 Å². The first-order chi connectivity index (χ1) is 9.69.